The van der Waals surface area contributed by atoms with Gasteiger partial charge in [-0.15, -0.1) is 0 Å². The number of hydrogen-bond acceptors (Lipinski definition) is 3. The summed E-state index contributed by atoms with van der Waals surface area (Å²) in [6.07, 6.45) is 0.514. The highest BCUT2D eigenvalue weighted by atomic mass is 19.1. The van der Waals surface area contributed by atoms with E-state index in [1.54, 1.807) is 31.0 Å². The SMILES string of the molecule is Cc1c(F)cccc1C(=O)N(C)C(CN1CCC(O)C1)C(C)C. The third kappa shape index (κ3) is 4.09. The van der Waals surface area contributed by atoms with Gasteiger partial charge in [0, 0.05) is 38.3 Å². The Morgan fingerprint density at radius 2 is 2.17 bits per heavy atom. The molecule has 1 fully saturated rings. The predicted octanol–water partition coefficient (Wildman–Crippen LogP) is 2.30. The number of likely N-dealkylation sites (N-methyl/N-ethyl adjacent to an activating group) is 1. The minimum Gasteiger partial charge on any atom is -0.392 e. The van der Waals surface area contributed by atoms with E-state index >= 15 is 0 Å². The van der Waals surface area contributed by atoms with Crippen LogP contribution < -0.4 is 0 Å². The number of carbonyl (C=O) groups excluding carboxylic acids is 1. The lowest BCUT2D eigenvalue weighted by Crippen LogP contribution is -2.47. The van der Waals surface area contributed by atoms with Crippen LogP contribution in [0.15, 0.2) is 18.2 Å². The molecule has 1 N–H and O–H groups in total. The number of amides is 1. The number of aliphatic hydroxyl groups excluding tert-OH is 1. The maximum atomic E-state index is 13.7. The molecule has 2 unspecified atom stereocenters. The molecule has 0 radical (unpaired) electrons. The summed E-state index contributed by atoms with van der Waals surface area (Å²) < 4.78 is 13.7. The second kappa shape index (κ2) is 7.41. The van der Waals surface area contributed by atoms with Crippen LogP contribution in [-0.4, -0.2) is 59.6 Å². The van der Waals surface area contributed by atoms with Gasteiger partial charge in [-0.1, -0.05) is 19.9 Å². The number of likely N-dealkylation sites (tertiary alicyclic amines) is 1. The summed E-state index contributed by atoms with van der Waals surface area (Å²) in [5.74, 6) is -0.232. The molecule has 0 aromatic heterocycles. The normalized spacial score (nSPS) is 20.0. The summed E-state index contributed by atoms with van der Waals surface area (Å²) in [4.78, 5) is 16.7. The number of halogens is 1. The molecule has 23 heavy (non-hydrogen) atoms. The zero-order chi connectivity index (χ0) is 17.1. The molecule has 0 aliphatic carbocycles. The Morgan fingerprint density at radius 1 is 1.48 bits per heavy atom. The zero-order valence-electron chi connectivity index (χ0n) is 14.4. The fourth-order valence-electron chi connectivity index (χ4n) is 3.20. The Bertz CT molecular complexity index is 562. The van der Waals surface area contributed by atoms with Crippen LogP contribution in [0.2, 0.25) is 0 Å². The minimum atomic E-state index is -0.354. The average molecular weight is 322 g/mol. The lowest BCUT2D eigenvalue weighted by molar-refractivity contribution is 0.0631. The second-order valence-corrected chi connectivity index (χ2v) is 6.84. The maximum Gasteiger partial charge on any atom is 0.254 e. The third-order valence-electron chi connectivity index (χ3n) is 4.78. The number of hydrogen-bond donors (Lipinski definition) is 1. The number of carbonyl (C=O) groups is 1. The summed E-state index contributed by atoms with van der Waals surface area (Å²) in [6.45, 7) is 8.04. The Labute approximate surface area is 137 Å². The van der Waals surface area contributed by atoms with E-state index in [4.69, 9.17) is 0 Å². The fraction of sp³-hybridized carbons (Fsp3) is 0.611. The van der Waals surface area contributed by atoms with Crippen molar-refractivity contribution in [1.82, 2.24) is 9.80 Å². The van der Waals surface area contributed by atoms with Crippen LogP contribution in [0.5, 0.6) is 0 Å². The van der Waals surface area contributed by atoms with Gasteiger partial charge < -0.3 is 10.0 Å². The van der Waals surface area contributed by atoms with Crippen LogP contribution in [0.3, 0.4) is 0 Å². The maximum absolute atomic E-state index is 13.7. The molecule has 128 valence electrons. The molecule has 1 heterocycles. The molecule has 1 saturated heterocycles. The Balaban J connectivity index is 2.15. The fourth-order valence-corrected chi connectivity index (χ4v) is 3.20. The minimum absolute atomic E-state index is 0.0236. The van der Waals surface area contributed by atoms with E-state index in [-0.39, 0.29) is 29.8 Å². The van der Waals surface area contributed by atoms with E-state index in [9.17, 15) is 14.3 Å². The van der Waals surface area contributed by atoms with E-state index in [1.165, 1.54) is 6.07 Å². The monoisotopic (exact) mass is 322 g/mol. The van der Waals surface area contributed by atoms with Gasteiger partial charge in [-0.3, -0.25) is 9.69 Å². The molecule has 0 spiro atoms. The number of nitrogens with zero attached hydrogens (tertiary/aromatic N) is 2. The van der Waals surface area contributed by atoms with Gasteiger partial charge in [-0.25, -0.2) is 4.39 Å². The van der Waals surface area contributed by atoms with E-state index in [1.807, 2.05) is 0 Å². The first-order chi connectivity index (χ1) is 10.8. The van der Waals surface area contributed by atoms with Crippen molar-refractivity contribution in [2.75, 3.05) is 26.7 Å². The first-order valence-electron chi connectivity index (χ1n) is 8.24. The van der Waals surface area contributed by atoms with Gasteiger partial charge in [0.1, 0.15) is 5.82 Å². The highest BCUT2D eigenvalue weighted by Gasteiger charge is 2.29. The Morgan fingerprint density at radius 3 is 2.74 bits per heavy atom. The lowest BCUT2D eigenvalue weighted by atomic mass is 10.00. The number of β-amino-alcohol motifs (C(OH)–C–C–N with tert-alkyl or cyclic N) is 1. The Hall–Kier alpha value is -1.46. The molecule has 1 aliphatic rings. The van der Waals surface area contributed by atoms with E-state index in [0.717, 1.165) is 19.5 Å². The first kappa shape index (κ1) is 17.9. The van der Waals surface area contributed by atoms with Crippen molar-refractivity contribution < 1.29 is 14.3 Å². The van der Waals surface area contributed by atoms with Gasteiger partial charge >= 0.3 is 0 Å². The molecule has 4 nitrogen and oxygen atoms in total. The summed E-state index contributed by atoms with van der Waals surface area (Å²) >= 11 is 0. The van der Waals surface area contributed by atoms with Crippen LogP contribution in [-0.2, 0) is 0 Å². The summed E-state index contributed by atoms with van der Waals surface area (Å²) in [5.41, 5.74) is 0.808. The number of aliphatic hydroxyl groups is 1. The number of benzene rings is 1. The summed E-state index contributed by atoms with van der Waals surface area (Å²) in [7, 11) is 1.78. The molecule has 0 saturated carbocycles. The van der Waals surface area contributed by atoms with Gasteiger partial charge in [0.2, 0.25) is 0 Å². The van der Waals surface area contributed by atoms with Crippen molar-refractivity contribution in [3.05, 3.63) is 35.1 Å². The number of rotatable bonds is 5. The molecule has 1 amide bonds. The quantitative estimate of drug-likeness (QED) is 0.904. The lowest BCUT2D eigenvalue weighted by Gasteiger charge is -2.34. The van der Waals surface area contributed by atoms with Gasteiger partial charge in [-0.05, 0) is 37.0 Å². The molecule has 1 aromatic carbocycles. The first-order valence-corrected chi connectivity index (χ1v) is 8.24. The third-order valence-corrected chi connectivity index (χ3v) is 4.78. The van der Waals surface area contributed by atoms with Crippen LogP contribution in [0.25, 0.3) is 0 Å². The van der Waals surface area contributed by atoms with Gasteiger partial charge in [0.25, 0.3) is 5.91 Å². The van der Waals surface area contributed by atoms with Crippen LogP contribution in [0.1, 0.15) is 36.2 Å². The molecular weight excluding hydrogens is 295 g/mol. The van der Waals surface area contributed by atoms with Crippen molar-refractivity contribution in [3.63, 3.8) is 0 Å². The Kier molecular flexibility index (Phi) is 5.76. The van der Waals surface area contributed by atoms with Gasteiger partial charge in [-0.2, -0.15) is 0 Å². The summed E-state index contributed by atoms with van der Waals surface area (Å²) in [6, 6.07) is 4.65. The van der Waals surface area contributed by atoms with Gasteiger partial charge in [0.05, 0.1) is 6.10 Å². The van der Waals surface area contributed by atoms with Crippen molar-refractivity contribution in [2.45, 2.75) is 39.3 Å². The molecule has 2 atom stereocenters. The molecule has 1 aliphatic heterocycles. The van der Waals surface area contributed by atoms with E-state index in [0.29, 0.717) is 17.7 Å². The molecule has 0 bridgehead atoms. The smallest absolute Gasteiger partial charge is 0.254 e. The molecule has 1 aromatic rings. The topological polar surface area (TPSA) is 43.8 Å². The van der Waals surface area contributed by atoms with Crippen molar-refractivity contribution in [3.8, 4) is 0 Å². The highest BCUT2D eigenvalue weighted by molar-refractivity contribution is 5.95. The van der Waals surface area contributed by atoms with Crippen LogP contribution in [0, 0.1) is 18.7 Å². The van der Waals surface area contributed by atoms with Crippen molar-refractivity contribution in [2.24, 2.45) is 5.92 Å². The highest BCUT2D eigenvalue weighted by Crippen LogP contribution is 2.20. The van der Waals surface area contributed by atoms with Crippen molar-refractivity contribution in [1.29, 1.82) is 0 Å². The predicted molar refractivity (Wildman–Crippen MR) is 88.9 cm³/mol. The zero-order valence-corrected chi connectivity index (χ0v) is 14.4. The second-order valence-electron chi connectivity index (χ2n) is 6.84. The van der Waals surface area contributed by atoms with Crippen LogP contribution >= 0.6 is 0 Å². The van der Waals surface area contributed by atoms with Crippen LogP contribution in [0.4, 0.5) is 4.39 Å². The molecular formula is C18H27FN2O2. The summed E-state index contributed by atoms with van der Waals surface area (Å²) in [5, 5.41) is 9.68. The standard InChI is InChI=1S/C18H27FN2O2/c1-12(2)17(11-21-9-8-14(22)10-21)20(4)18(23)15-6-5-7-16(19)13(15)3/h5-7,12,14,17,22H,8-11H2,1-4H3. The van der Waals surface area contributed by atoms with E-state index in [2.05, 4.69) is 18.7 Å². The molecule has 2 rings (SSSR count). The molecule has 5 heteroatoms. The largest absolute Gasteiger partial charge is 0.392 e. The average Bonchev–Trinajstić information content (AvgIpc) is 2.91. The van der Waals surface area contributed by atoms with E-state index < -0.39 is 0 Å². The van der Waals surface area contributed by atoms with Gasteiger partial charge in [0.15, 0.2) is 0 Å². The van der Waals surface area contributed by atoms with Crippen molar-refractivity contribution >= 4 is 5.91 Å².